The van der Waals surface area contributed by atoms with Crippen LogP contribution in [-0.4, -0.2) is 48.9 Å². The molecular formula is C24H25F2N5O2. The Hall–Kier alpha value is -3.56. The highest BCUT2D eigenvalue weighted by Gasteiger charge is 2.35. The number of anilines is 4. The molecule has 0 radical (unpaired) electrons. The van der Waals surface area contributed by atoms with Crippen LogP contribution in [0, 0.1) is 11.6 Å². The summed E-state index contributed by atoms with van der Waals surface area (Å²) in [5.74, 6) is -1.28. The van der Waals surface area contributed by atoms with Crippen LogP contribution in [0.25, 0.3) is 11.1 Å². The van der Waals surface area contributed by atoms with Crippen molar-refractivity contribution in [3.63, 3.8) is 0 Å². The Morgan fingerprint density at radius 2 is 1.73 bits per heavy atom. The van der Waals surface area contributed by atoms with Gasteiger partial charge in [-0.1, -0.05) is 18.2 Å². The van der Waals surface area contributed by atoms with Crippen LogP contribution >= 0.6 is 0 Å². The highest BCUT2D eigenvalue weighted by Crippen LogP contribution is 2.44. The van der Waals surface area contributed by atoms with Crippen molar-refractivity contribution in [3.05, 3.63) is 66.4 Å². The number of aromatic nitrogens is 1. The lowest BCUT2D eigenvalue weighted by molar-refractivity contribution is 0.253. The second kappa shape index (κ2) is 9.93. The van der Waals surface area contributed by atoms with Crippen molar-refractivity contribution < 1.29 is 18.7 Å². The van der Waals surface area contributed by atoms with E-state index >= 15 is 8.78 Å². The molecule has 2 aromatic carbocycles. The first-order chi connectivity index (χ1) is 16.1. The normalized spacial score (nSPS) is 12.9. The lowest BCUT2D eigenvalue weighted by Crippen LogP contribution is -2.41. The zero-order chi connectivity index (χ0) is 23.4. The number of nitrogens with one attached hydrogen (secondary N) is 2. The quantitative estimate of drug-likeness (QED) is 0.447. The van der Waals surface area contributed by atoms with E-state index in [0.717, 1.165) is 4.90 Å². The molecule has 2 heterocycles. The predicted octanol–water partition coefficient (Wildman–Crippen LogP) is 4.12. The Kier molecular flexibility index (Phi) is 6.81. The molecule has 4 rings (SSSR count). The van der Waals surface area contributed by atoms with Gasteiger partial charge in [0.15, 0.2) is 11.6 Å². The largest absolute Gasteiger partial charge is 0.395 e. The van der Waals surface area contributed by atoms with E-state index in [-0.39, 0.29) is 18.8 Å². The fourth-order valence-corrected chi connectivity index (χ4v) is 3.91. The van der Waals surface area contributed by atoms with Gasteiger partial charge in [0.05, 0.1) is 12.3 Å². The Labute approximate surface area is 190 Å². The number of carbonyl (C=O) groups excluding carboxylic acids is 1. The molecule has 3 N–H and O–H groups in total. The lowest BCUT2D eigenvalue weighted by Gasteiger charge is -2.28. The van der Waals surface area contributed by atoms with Gasteiger partial charge in [-0.05, 0) is 37.3 Å². The van der Waals surface area contributed by atoms with Crippen LogP contribution < -0.4 is 20.4 Å². The molecular weight excluding hydrogens is 428 g/mol. The number of urea groups is 1. The van der Waals surface area contributed by atoms with Gasteiger partial charge in [-0.2, -0.15) is 0 Å². The Bertz CT molecular complexity index is 1130. The number of pyridine rings is 1. The van der Waals surface area contributed by atoms with Gasteiger partial charge in [0.25, 0.3) is 0 Å². The summed E-state index contributed by atoms with van der Waals surface area (Å²) < 4.78 is 30.7. The van der Waals surface area contributed by atoms with Crippen LogP contribution in [0.5, 0.6) is 0 Å². The monoisotopic (exact) mass is 453 g/mol. The van der Waals surface area contributed by atoms with Crippen molar-refractivity contribution >= 4 is 28.9 Å². The van der Waals surface area contributed by atoms with E-state index < -0.39 is 23.4 Å². The molecule has 0 saturated heterocycles. The maximum atomic E-state index is 15.3. The summed E-state index contributed by atoms with van der Waals surface area (Å²) in [6.07, 6.45) is 1.59. The third-order valence-electron chi connectivity index (χ3n) is 5.38. The van der Waals surface area contributed by atoms with Crippen molar-refractivity contribution in [2.45, 2.75) is 6.92 Å². The van der Waals surface area contributed by atoms with E-state index in [9.17, 15) is 4.79 Å². The zero-order valence-electron chi connectivity index (χ0n) is 18.2. The minimum Gasteiger partial charge on any atom is -0.395 e. The number of benzene rings is 2. The molecule has 33 heavy (non-hydrogen) atoms. The second-order valence-corrected chi connectivity index (χ2v) is 7.44. The van der Waals surface area contributed by atoms with Crippen LogP contribution in [0.3, 0.4) is 0 Å². The van der Waals surface area contributed by atoms with Gasteiger partial charge in [0.1, 0.15) is 11.5 Å². The highest BCUT2D eigenvalue weighted by atomic mass is 19.1. The standard InChI is InChI=1S/C24H25F2N5O2/c1-2-30-23-18(7-5-9-29-23)17-6-3-4-8-21(17)31(24(30)33)22-19(25)14-16(15-20(22)26)28-11-10-27-12-13-32/h3-9,14-15,27-28,32H,2,10-13H2,1H3. The maximum Gasteiger partial charge on any atom is 0.334 e. The maximum absolute atomic E-state index is 15.3. The number of aliphatic hydroxyl groups is 1. The number of para-hydroxylation sites is 1. The van der Waals surface area contributed by atoms with E-state index in [1.165, 1.54) is 17.0 Å². The SMILES string of the molecule is CCN1C(=O)N(c2c(F)cc(NCCNCCO)cc2F)c2ccccc2-c2cccnc21. The fourth-order valence-electron chi connectivity index (χ4n) is 3.91. The lowest BCUT2D eigenvalue weighted by atomic mass is 10.0. The Morgan fingerprint density at radius 3 is 2.45 bits per heavy atom. The summed E-state index contributed by atoms with van der Waals surface area (Å²) in [5, 5.41) is 14.7. The van der Waals surface area contributed by atoms with Crippen molar-refractivity contribution in [2.75, 3.05) is 47.9 Å². The number of carbonyl (C=O) groups is 1. The number of hydrogen-bond acceptors (Lipinski definition) is 5. The van der Waals surface area contributed by atoms with E-state index in [0.29, 0.717) is 42.3 Å². The number of halogens is 2. The van der Waals surface area contributed by atoms with Crippen molar-refractivity contribution in [1.29, 1.82) is 0 Å². The summed E-state index contributed by atoms with van der Waals surface area (Å²) in [6, 6.07) is 12.4. The Balaban J connectivity index is 1.76. The fraction of sp³-hybridized carbons (Fsp3) is 0.250. The number of rotatable bonds is 8. The Morgan fingerprint density at radius 1 is 1.00 bits per heavy atom. The van der Waals surface area contributed by atoms with Crippen LogP contribution in [0.4, 0.5) is 36.5 Å². The average molecular weight is 453 g/mol. The summed E-state index contributed by atoms with van der Waals surface area (Å²) >= 11 is 0. The third-order valence-corrected chi connectivity index (χ3v) is 5.38. The molecule has 2 amide bonds. The number of nitrogens with zero attached hydrogens (tertiary/aromatic N) is 3. The summed E-state index contributed by atoms with van der Waals surface area (Å²) in [6.45, 7) is 3.43. The minimum atomic E-state index is -0.862. The molecule has 0 spiro atoms. The molecule has 0 atom stereocenters. The van der Waals surface area contributed by atoms with Crippen LogP contribution in [0.2, 0.25) is 0 Å². The van der Waals surface area contributed by atoms with Gasteiger partial charge in [-0.25, -0.2) is 18.6 Å². The van der Waals surface area contributed by atoms with Crippen LogP contribution in [0.15, 0.2) is 54.7 Å². The van der Waals surface area contributed by atoms with Gasteiger partial charge < -0.3 is 15.7 Å². The molecule has 1 aliphatic heterocycles. The van der Waals surface area contributed by atoms with E-state index in [4.69, 9.17) is 5.11 Å². The van der Waals surface area contributed by atoms with E-state index in [2.05, 4.69) is 15.6 Å². The van der Waals surface area contributed by atoms with Gasteiger partial charge in [-0.3, -0.25) is 9.80 Å². The van der Waals surface area contributed by atoms with Crippen LogP contribution in [0.1, 0.15) is 6.92 Å². The third kappa shape index (κ3) is 4.37. The smallest absolute Gasteiger partial charge is 0.334 e. The van der Waals surface area contributed by atoms with Crippen molar-refractivity contribution in [1.82, 2.24) is 10.3 Å². The first-order valence-electron chi connectivity index (χ1n) is 10.8. The van der Waals surface area contributed by atoms with Gasteiger partial charge in [0.2, 0.25) is 0 Å². The molecule has 1 aliphatic rings. The van der Waals surface area contributed by atoms with Crippen molar-refractivity contribution in [3.8, 4) is 11.1 Å². The molecule has 7 nitrogen and oxygen atoms in total. The number of fused-ring (bicyclic) bond motifs is 3. The van der Waals surface area contributed by atoms with Crippen molar-refractivity contribution in [2.24, 2.45) is 0 Å². The minimum absolute atomic E-state index is 0.0114. The molecule has 9 heteroatoms. The first-order valence-corrected chi connectivity index (χ1v) is 10.8. The number of aliphatic hydroxyl groups excluding tert-OH is 1. The van der Waals surface area contributed by atoms with Gasteiger partial charge >= 0.3 is 6.03 Å². The topological polar surface area (TPSA) is 80.7 Å². The van der Waals surface area contributed by atoms with Gasteiger partial charge in [-0.15, -0.1) is 0 Å². The predicted molar refractivity (Wildman–Crippen MR) is 125 cm³/mol. The first kappa shape index (κ1) is 22.6. The molecule has 172 valence electrons. The molecule has 0 bridgehead atoms. The molecule has 0 fully saturated rings. The zero-order valence-corrected chi connectivity index (χ0v) is 18.2. The molecule has 0 aliphatic carbocycles. The van der Waals surface area contributed by atoms with Gasteiger partial charge in [0, 0.05) is 49.2 Å². The molecule has 1 aromatic heterocycles. The van der Waals surface area contributed by atoms with Crippen LogP contribution in [-0.2, 0) is 0 Å². The molecule has 0 unspecified atom stereocenters. The molecule has 3 aromatic rings. The highest BCUT2D eigenvalue weighted by molar-refractivity contribution is 6.14. The van der Waals surface area contributed by atoms with E-state index in [1.54, 1.807) is 37.4 Å². The number of hydrogen-bond donors (Lipinski definition) is 3. The summed E-state index contributed by atoms with van der Waals surface area (Å²) in [7, 11) is 0. The molecule has 0 saturated carbocycles. The number of amides is 2. The average Bonchev–Trinajstić information content (AvgIpc) is 2.91. The summed E-state index contributed by atoms with van der Waals surface area (Å²) in [5.41, 5.74) is 1.55. The summed E-state index contributed by atoms with van der Waals surface area (Å²) in [4.78, 5) is 20.5. The van der Waals surface area contributed by atoms with E-state index in [1.807, 2.05) is 12.1 Å². The second-order valence-electron chi connectivity index (χ2n) is 7.44.